The summed E-state index contributed by atoms with van der Waals surface area (Å²) in [6.45, 7) is 14.3. The Bertz CT molecular complexity index is 2540. The Morgan fingerprint density at radius 1 is 0.812 bits per heavy atom. The van der Waals surface area contributed by atoms with Crippen LogP contribution in [-0.4, -0.2) is 144 Å². The summed E-state index contributed by atoms with van der Waals surface area (Å²) < 4.78 is 53.4. The highest BCUT2D eigenvalue weighted by atomic mass is 16.8. The summed E-state index contributed by atoms with van der Waals surface area (Å²) in [5.41, 5.74) is 0.134. The number of benzene rings is 2. The average molecular weight is 1120 g/mol. The molecular formula is C60H82N2O18. The number of hydrogen-bond donors (Lipinski definition) is 6. The summed E-state index contributed by atoms with van der Waals surface area (Å²) in [4.78, 5) is 66.4. The average Bonchev–Trinajstić information content (AvgIpc) is 3.94. The van der Waals surface area contributed by atoms with Gasteiger partial charge in [-0.25, -0.2) is 14.4 Å². The van der Waals surface area contributed by atoms with Crippen molar-refractivity contribution in [2.24, 2.45) is 40.4 Å². The monoisotopic (exact) mass is 1120 g/mol. The second-order valence-corrected chi connectivity index (χ2v) is 23.5. The van der Waals surface area contributed by atoms with Crippen molar-refractivity contribution in [3.63, 3.8) is 0 Å². The number of carbonyl (C=O) groups is 5. The zero-order valence-electron chi connectivity index (χ0n) is 47.0. The number of ether oxygens (including phenoxy) is 9. The minimum absolute atomic E-state index is 0.0115. The molecule has 0 bridgehead atoms. The lowest BCUT2D eigenvalue weighted by molar-refractivity contribution is -0.345. The normalized spacial score (nSPS) is 35.0. The van der Waals surface area contributed by atoms with E-state index in [1.165, 1.54) is 43.0 Å². The Kier molecular flexibility index (Phi) is 19.5. The third-order valence-electron chi connectivity index (χ3n) is 18.2. The van der Waals surface area contributed by atoms with Crippen LogP contribution in [0.4, 0.5) is 9.59 Å². The maximum Gasteiger partial charge on any atom is 0.407 e. The SMILES string of the molecule is C=CCOC(=O)NCc1ccc(CNC(=O)O[C@@H]2CO[C@@H](O[C@@H]3[C@@H](OC(C)=O)[C@H](O[C@H]4C[C@H]5[C@@H]6CC=C7C[C@@H](O)CC[C@]7(C)[C@H]6CC[C@]5(C)[C@@]4(O)[C@H](C)C(=O)CCC(C)C)OC[C@@H]3O)[C@H](OC(=O)c3ccc(OC)cc3)[C@H]2O)cc1. The van der Waals surface area contributed by atoms with E-state index < -0.39 is 110 Å². The van der Waals surface area contributed by atoms with Crippen LogP contribution in [0.1, 0.15) is 121 Å². The first kappa shape index (κ1) is 60.6. The summed E-state index contributed by atoms with van der Waals surface area (Å²) in [6, 6.07) is 13.0. The van der Waals surface area contributed by atoms with E-state index in [1.54, 1.807) is 31.2 Å². The Labute approximate surface area is 468 Å². The van der Waals surface area contributed by atoms with Gasteiger partial charge in [0.25, 0.3) is 0 Å². The van der Waals surface area contributed by atoms with Gasteiger partial charge in [0.2, 0.25) is 0 Å². The minimum atomic E-state index is -1.79. The number of methoxy groups -OCH3 is 1. The highest BCUT2D eigenvalue weighted by Gasteiger charge is 2.70. The van der Waals surface area contributed by atoms with Gasteiger partial charge in [-0.05, 0) is 116 Å². The second kappa shape index (κ2) is 25.8. The van der Waals surface area contributed by atoms with Crippen molar-refractivity contribution >= 4 is 29.9 Å². The summed E-state index contributed by atoms with van der Waals surface area (Å²) in [5, 5.41) is 53.3. The summed E-state index contributed by atoms with van der Waals surface area (Å²) in [5.74, 6) is -1.70. The summed E-state index contributed by atoms with van der Waals surface area (Å²) >= 11 is 0. The van der Waals surface area contributed by atoms with Gasteiger partial charge in [-0.3, -0.25) is 9.59 Å². The fourth-order valence-corrected chi connectivity index (χ4v) is 13.7. The number of carbonyl (C=O) groups excluding carboxylic acids is 5. The fourth-order valence-electron chi connectivity index (χ4n) is 13.7. The smallest absolute Gasteiger partial charge is 0.407 e. The van der Waals surface area contributed by atoms with E-state index in [9.17, 15) is 44.4 Å². The first-order valence-corrected chi connectivity index (χ1v) is 28.2. The number of esters is 2. The van der Waals surface area contributed by atoms with Gasteiger partial charge < -0.3 is 73.7 Å². The van der Waals surface area contributed by atoms with Crippen molar-refractivity contribution in [1.82, 2.24) is 10.6 Å². The molecule has 2 amide bonds. The molecule has 6 N–H and O–H groups in total. The van der Waals surface area contributed by atoms with Crippen molar-refractivity contribution in [3.8, 4) is 5.75 Å². The van der Waals surface area contributed by atoms with Crippen molar-refractivity contribution < 1.29 is 87.0 Å². The Morgan fingerprint density at radius 3 is 2.12 bits per heavy atom. The third kappa shape index (κ3) is 12.9. The lowest BCUT2D eigenvalue weighted by atomic mass is 9.46. The molecule has 20 heteroatoms. The molecule has 20 nitrogen and oxygen atoms in total. The van der Waals surface area contributed by atoms with Crippen LogP contribution < -0.4 is 15.4 Å². The summed E-state index contributed by atoms with van der Waals surface area (Å²) in [6.07, 6.45) is -6.32. The largest absolute Gasteiger partial charge is 0.497 e. The molecule has 2 heterocycles. The highest BCUT2D eigenvalue weighted by molar-refractivity contribution is 5.89. The molecule has 440 valence electrons. The van der Waals surface area contributed by atoms with E-state index in [0.29, 0.717) is 43.4 Å². The van der Waals surface area contributed by atoms with Crippen LogP contribution in [0.3, 0.4) is 0 Å². The number of rotatable bonds is 20. The molecule has 17 atom stereocenters. The van der Waals surface area contributed by atoms with E-state index in [-0.39, 0.29) is 72.7 Å². The maximum absolute atomic E-state index is 14.3. The zero-order chi connectivity index (χ0) is 57.7. The topological polar surface area (TPSA) is 273 Å². The predicted octanol–water partition coefficient (Wildman–Crippen LogP) is 6.37. The van der Waals surface area contributed by atoms with E-state index in [2.05, 4.69) is 37.1 Å². The van der Waals surface area contributed by atoms with Crippen LogP contribution in [0.2, 0.25) is 0 Å². The minimum Gasteiger partial charge on any atom is -0.497 e. The molecule has 3 saturated carbocycles. The van der Waals surface area contributed by atoms with Crippen molar-refractivity contribution in [2.75, 3.05) is 26.9 Å². The fraction of sp³-hybridized carbons (Fsp3) is 0.650. The van der Waals surface area contributed by atoms with Gasteiger partial charge in [0.1, 0.15) is 42.1 Å². The number of fused-ring (bicyclic) bond motifs is 5. The van der Waals surface area contributed by atoms with Crippen LogP contribution in [0.15, 0.2) is 72.8 Å². The lowest BCUT2D eigenvalue weighted by Crippen LogP contribution is -2.64. The lowest BCUT2D eigenvalue weighted by Gasteiger charge is -2.59. The first-order valence-electron chi connectivity index (χ1n) is 28.2. The molecule has 8 rings (SSSR count). The van der Waals surface area contributed by atoms with E-state index in [1.807, 2.05) is 13.8 Å². The van der Waals surface area contributed by atoms with Crippen LogP contribution in [0.25, 0.3) is 0 Å². The molecule has 2 aromatic carbocycles. The first-order chi connectivity index (χ1) is 38.1. The predicted molar refractivity (Wildman–Crippen MR) is 287 cm³/mol. The van der Waals surface area contributed by atoms with Crippen molar-refractivity contribution in [1.29, 1.82) is 0 Å². The van der Waals surface area contributed by atoms with Gasteiger partial charge >= 0.3 is 24.1 Å². The molecule has 0 aromatic heterocycles. The summed E-state index contributed by atoms with van der Waals surface area (Å²) in [7, 11) is 1.46. The number of ketones is 1. The molecule has 2 aromatic rings. The third-order valence-corrected chi connectivity index (χ3v) is 18.2. The van der Waals surface area contributed by atoms with Gasteiger partial charge in [0, 0.05) is 37.8 Å². The Hall–Kier alpha value is -5.45. The molecular weight excluding hydrogens is 1040 g/mol. The molecule has 80 heavy (non-hydrogen) atoms. The van der Waals surface area contributed by atoms with E-state index >= 15 is 0 Å². The number of hydrogen-bond acceptors (Lipinski definition) is 18. The van der Waals surface area contributed by atoms with E-state index in [0.717, 1.165) is 31.7 Å². The van der Waals surface area contributed by atoms with Gasteiger partial charge in [0.05, 0.1) is 38.1 Å². The van der Waals surface area contributed by atoms with Crippen molar-refractivity contribution in [2.45, 2.75) is 179 Å². The number of allylic oxidation sites excluding steroid dienone is 1. The number of aliphatic hydroxyl groups excluding tert-OH is 3. The van der Waals surface area contributed by atoms with Gasteiger partial charge in [-0.2, -0.15) is 0 Å². The number of Topliss-reactive ketones (excluding diaryl/α,β-unsaturated/α-hetero) is 1. The number of aliphatic hydroxyl groups is 4. The molecule has 6 aliphatic rings. The molecule has 5 fully saturated rings. The second-order valence-electron chi connectivity index (χ2n) is 23.5. The van der Waals surface area contributed by atoms with Crippen molar-refractivity contribution in [3.05, 3.63) is 89.5 Å². The standard InChI is InChI=1S/C60H82N2O18/c1-9-26-73-56(69)61-29-36-11-13-37(14-12-36)30-62-57(70)77-47-32-75-54(51(49(47)67)79-53(68)38-15-18-41(72-8)19-16-38)80-50-46(66)31-74-55(52(50)76-35(5)63)78-48-28-44-42-20-17-39-27-40(64)22-24-58(39,6)43(42)23-25-59(44,7)60(48,71)34(4)45(65)21-10-33(2)3/h9,11-19,33-34,40,42-44,46-52,54-55,64,66-67,71H,1,10,20-32H2,2-8H3,(H,61,69)(H,62,70)/t34-,40+,42-,43+,44+,46+,47-,48+,49+,50+,51-,52-,54+,55+,58+,59+,60-/m1/s1. The van der Waals surface area contributed by atoms with E-state index in [4.69, 9.17) is 42.6 Å². The van der Waals surface area contributed by atoms with Crippen LogP contribution in [-0.2, 0) is 60.6 Å². The van der Waals surface area contributed by atoms with Gasteiger partial charge in [0.15, 0.2) is 30.9 Å². The van der Waals surface area contributed by atoms with Crippen LogP contribution >= 0.6 is 0 Å². The molecule has 0 unspecified atom stereocenters. The Morgan fingerprint density at radius 2 is 1.48 bits per heavy atom. The van der Waals surface area contributed by atoms with Gasteiger partial charge in [-0.1, -0.05) is 83.2 Å². The molecule has 2 saturated heterocycles. The zero-order valence-corrected chi connectivity index (χ0v) is 47.0. The van der Waals surface area contributed by atoms with Crippen LogP contribution in [0, 0.1) is 40.4 Å². The molecule has 4 aliphatic carbocycles. The highest BCUT2D eigenvalue weighted by Crippen LogP contribution is 2.69. The molecule has 0 spiro atoms. The Balaban J connectivity index is 1.02. The number of amides is 2. The van der Waals surface area contributed by atoms with Gasteiger partial charge in [-0.15, -0.1) is 0 Å². The van der Waals surface area contributed by atoms with Crippen LogP contribution in [0.5, 0.6) is 5.75 Å². The molecule has 2 aliphatic heterocycles. The number of alkyl carbamates (subject to hydrolysis) is 2. The number of nitrogens with one attached hydrogen (secondary N) is 2. The maximum atomic E-state index is 14.3. The molecule has 0 radical (unpaired) electrons. The quantitative estimate of drug-likeness (QED) is 0.0477.